The number of amides is 1. The first-order valence-corrected chi connectivity index (χ1v) is 8.47. The van der Waals surface area contributed by atoms with Crippen LogP contribution in [-0.4, -0.2) is 25.0 Å². The summed E-state index contributed by atoms with van der Waals surface area (Å²) in [6.45, 7) is 1.49. The normalized spacial score (nSPS) is 19.7. The maximum atomic E-state index is 11.9. The summed E-state index contributed by atoms with van der Waals surface area (Å²) in [6, 6.07) is -0.363. The molecule has 4 nitrogen and oxygen atoms in total. The predicted octanol–water partition coefficient (Wildman–Crippen LogP) is 2.31. The van der Waals surface area contributed by atoms with Crippen molar-refractivity contribution in [2.45, 2.75) is 76.7 Å². The van der Waals surface area contributed by atoms with Crippen LogP contribution in [0.3, 0.4) is 0 Å². The van der Waals surface area contributed by atoms with E-state index in [4.69, 9.17) is 11.5 Å². The quantitative estimate of drug-likeness (QED) is 0.627. The number of rotatable bonds is 7. The molecule has 1 rings (SSSR count). The van der Waals surface area contributed by atoms with Crippen LogP contribution in [0.15, 0.2) is 0 Å². The highest BCUT2D eigenvalue weighted by Crippen LogP contribution is 2.21. The lowest BCUT2D eigenvalue weighted by Gasteiger charge is -2.18. The Kier molecular flexibility index (Phi) is 9.67. The third-order valence-electron chi connectivity index (χ3n) is 4.35. The van der Waals surface area contributed by atoms with E-state index in [1.54, 1.807) is 0 Å². The highest BCUT2D eigenvalue weighted by molar-refractivity contribution is 5.81. The molecule has 5 N–H and O–H groups in total. The Balaban J connectivity index is 2.20. The smallest absolute Gasteiger partial charge is 0.236 e. The topological polar surface area (TPSA) is 81.1 Å². The number of hydrogen-bond acceptors (Lipinski definition) is 3. The van der Waals surface area contributed by atoms with Gasteiger partial charge in [0.15, 0.2) is 0 Å². The number of nitrogens with one attached hydrogen (secondary N) is 1. The lowest BCUT2D eigenvalue weighted by molar-refractivity contribution is -0.122. The zero-order valence-corrected chi connectivity index (χ0v) is 12.9. The molecule has 1 unspecified atom stereocenters. The third-order valence-corrected chi connectivity index (χ3v) is 4.35. The van der Waals surface area contributed by atoms with E-state index in [-0.39, 0.29) is 11.9 Å². The molecule has 0 radical (unpaired) electrons. The summed E-state index contributed by atoms with van der Waals surface area (Å²) in [4.78, 5) is 11.9. The third kappa shape index (κ3) is 7.85. The van der Waals surface area contributed by atoms with E-state index < -0.39 is 0 Å². The lowest BCUT2D eigenvalue weighted by Crippen LogP contribution is -2.42. The average Bonchev–Trinajstić information content (AvgIpc) is 2.58. The van der Waals surface area contributed by atoms with Gasteiger partial charge in [-0.2, -0.15) is 0 Å². The molecule has 1 aliphatic carbocycles. The zero-order valence-electron chi connectivity index (χ0n) is 12.9. The summed E-state index contributed by atoms with van der Waals surface area (Å²) in [7, 11) is 0. The van der Waals surface area contributed by atoms with Crippen LogP contribution in [-0.2, 0) is 4.79 Å². The van der Waals surface area contributed by atoms with Gasteiger partial charge in [-0.1, -0.05) is 44.9 Å². The van der Waals surface area contributed by atoms with Crippen LogP contribution in [0, 0.1) is 5.92 Å². The Labute approximate surface area is 124 Å². The molecule has 0 heterocycles. The summed E-state index contributed by atoms with van der Waals surface area (Å²) in [5.74, 6) is 0.662. The summed E-state index contributed by atoms with van der Waals surface area (Å²) in [5, 5.41) is 3.05. The number of carbonyl (C=O) groups is 1. The van der Waals surface area contributed by atoms with E-state index >= 15 is 0 Å². The van der Waals surface area contributed by atoms with Gasteiger partial charge in [0, 0.05) is 6.54 Å². The van der Waals surface area contributed by atoms with Gasteiger partial charge in [0.2, 0.25) is 5.91 Å². The van der Waals surface area contributed by atoms with Gasteiger partial charge in [-0.25, -0.2) is 0 Å². The van der Waals surface area contributed by atoms with E-state index in [1.807, 2.05) is 0 Å². The maximum absolute atomic E-state index is 11.9. The Morgan fingerprint density at radius 1 is 1.05 bits per heavy atom. The standard InChI is InChI=1S/C16H33N3O/c17-12-8-7-11-15(18)16(20)19-13-14-9-5-3-1-2-4-6-10-14/h14-15H,1-13,17-18H2,(H,19,20). The molecule has 1 amide bonds. The van der Waals surface area contributed by atoms with Crippen LogP contribution in [0.25, 0.3) is 0 Å². The van der Waals surface area contributed by atoms with Crippen molar-refractivity contribution in [3.05, 3.63) is 0 Å². The molecule has 1 aliphatic rings. The molecule has 4 heteroatoms. The van der Waals surface area contributed by atoms with E-state index in [2.05, 4.69) is 5.32 Å². The number of hydrogen-bond donors (Lipinski definition) is 3. The molecule has 0 saturated heterocycles. The minimum absolute atomic E-state index is 0.0156. The molecular formula is C16H33N3O. The number of nitrogens with two attached hydrogens (primary N) is 2. The van der Waals surface area contributed by atoms with Crippen molar-refractivity contribution < 1.29 is 4.79 Å². The van der Waals surface area contributed by atoms with Crippen LogP contribution in [0.4, 0.5) is 0 Å². The van der Waals surface area contributed by atoms with Crippen molar-refractivity contribution in [1.29, 1.82) is 0 Å². The van der Waals surface area contributed by atoms with Crippen molar-refractivity contribution in [2.24, 2.45) is 17.4 Å². The lowest BCUT2D eigenvalue weighted by atomic mass is 9.96. The molecule has 20 heavy (non-hydrogen) atoms. The second kappa shape index (κ2) is 11.1. The molecule has 0 aromatic rings. The van der Waals surface area contributed by atoms with Crippen LogP contribution in [0.2, 0.25) is 0 Å². The second-order valence-corrected chi connectivity index (χ2v) is 6.20. The molecule has 1 atom stereocenters. The summed E-state index contributed by atoms with van der Waals surface area (Å²) < 4.78 is 0. The van der Waals surface area contributed by atoms with Crippen molar-refractivity contribution in [3.63, 3.8) is 0 Å². The molecule has 0 aromatic heterocycles. The van der Waals surface area contributed by atoms with Gasteiger partial charge in [0.25, 0.3) is 0 Å². The van der Waals surface area contributed by atoms with Crippen LogP contribution in [0.1, 0.15) is 70.6 Å². The zero-order chi connectivity index (χ0) is 14.6. The first-order chi connectivity index (χ1) is 9.74. The van der Waals surface area contributed by atoms with Gasteiger partial charge in [-0.15, -0.1) is 0 Å². The van der Waals surface area contributed by atoms with E-state index in [0.29, 0.717) is 12.5 Å². The Morgan fingerprint density at radius 2 is 1.65 bits per heavy atom. The van der Waals surface area contributed by atoms with Gasteiger partial charge in [0.05, 0.1) is 6.04 Å². The van der Waals surface area contributed by atoms with Crippen molar-refractivity contribution in [1.82, 2.24) is 5.32 Å². The first-order valence-electron chi connectivity index (χ1n) is 8.47. The largest absolute Gasteiger partial charge is 0.354 e. The van der Waals surface area contributed by atoms with Gasteiger partial charge in [0.1, 0.15) is 0 Å². The fourth-order valence-corrected chi connectivity index (χ4v) is 2.94. The van der Waals surface area contributed by atoms with E-state index in [9.17, 15) is 4.79 Å². The van der Waals surface area contributed by atoms with Crippen LogP contribution >= 0.6 is 0 Å². The Bertz CT molecular complexity index is 248. The highest BCUT2D eigenvalue weighted by Gasteiger charge is 2.16. The van der Waals surface area contributed by atoms with Crippen LogP contribution < -0.4 is 16.8 Å². The molecule has 118 valence electrons. The van der Waals surface area contributed by atoms with E-state index in [0.717, 1.165) is 25.8 Å². The van der Waals surface area contributed by atoms with Gasteiger partial charge >= 0.3 is 0 Å². The summed E-state index contributed by atoms with van der Waals surface area (Å²) in [5.41, 5.74) is 11.3. The second-order valence-electron chi connectivity index (χ2n) is 6.20. The number of carbonyl (C=O) groups excluding carboxylic acids is 1. The van der Waals surface area contributed by atoms with Crippen molar-refractivity contribution in [3.8, 4) is 0 Å². The molecule has 1 saturated carbocycles. The minimum atomic E-state index is -0.363. The Morgan fingerprint density at radius 3 is 2.25 bits per heavy atom. The first kappa shape index (κ1) is 17.4. The van der Waals surface area contributed by atoms with Crippen molar-refractivity contribution >= 4 is 5.91 Å². The monoisotopic (exact) mass is 283 g/mol. The fourth-order valence-electron chi connectivity index (χ4n) is 2.94. The highest BCUT2D eigenvalue weighted by atomic mass is 16.2. The number of unbranched alkanes of at least 4 members (excludes halogenated alkanes) is 1. The van der Waals surface area contributed by atoms with Gasteiger partial charge < -0.3 is 16.8 Å². The fraction of sp³-hybridized carbons (Fsp3) is 0.938. The SMILES string of the molecule is NCCCCC(N)C(=O)NCC1CCCCCCCC1. The van der Waals surface area contributed by atoms with E-state index in [1.165, 1.54) is 51.4 Å². The molecule has 0 bridgehead atoms. The molecule has 0 aliphatic heterocycles. The van der Waals surface area contributed by atoms with Gasteiger partial charge in [-0.3, -0.25) is 4.79 Å². The summed E-state index contributed by atoms with van der Waals surface area (Å²) >= 11 is 0. The van der Waals surface area contributed by atoms with Crippen molar-refractivity contribution in [2.75, 3.05) is 13.1 Å². The predicted molar refractivity (Wildman–Crippen MR) is 84.3 cm³/mol. The maximum Gasteiger partial charge on any atom is 0.236 e. The average molecular weight is 283 g/mol. The van der Waals surface area contributed by atoms with Gasteiger partial charge in [-0.05, 0) is 38.1 Å². The minimum Gasteiger partial charge on any atom is -0.354 e. The summed E-state index contributed by atoms with van der Waals surface area (Å²) in [6.07, 6.45) is 13.2. The molecule has 1 fully saturated rings. The Hall–Kier alpha value is -0.610. The van der Waals surface area contributed by atoms with Crippen LogP contribution in [0.5, 0.6) is 0 Å². The molecular weight excluding hydrogens is 250 g/mol. The molecule has 0 aromatic carbocycles. The molecule has 0 spiro atoms.